The first-order chi connectivity index (χ1) is 8.90. The summed E-state index contributed by atoms with van der Waals surface area (Å²) >= 11 is 0. The zero-order valence-corrected chi connectivity index (χ0v) is 12.2. The van der Waals surface area contributed by atoms with Gasteiger partial charge < -0.3 is 15.3 Å². The van der Waals surface area contributed by atoms with E-state index in [9.17, 15) is 14.7 Å². The van der Waals surface area contributed by atoms with E-state index in [2.05, 4.69) is 12.2 Å². The highest BCUT2D eigenvalue weighted by Gasteiger charge is 2.44. The summed E-state index contributed by atoms with van der Waals surface area (Å²) in [6.45, 7) is 7.09. The van der Waals surface area contributed by atoms with Crippen molar-refractivity contribution in [3.8, 4) is 0 Å². The van der Waals surface area contributed by atoms with Gasteiger partial charge in [0.15, 0.2) is 0 Å². The largest absolute Gasteiger partial charge is 0.480 e. The monoisotopic (exact) mass is 270 g/mol. The lowest BCUT2D eigenvalue weighted by Gasteiger charge is -2.43. The molecule has 1 atom stereocenters. The van der Waals surface area contributed by atoms with Crippen molar-refractivity contribution >= 4 is 12.0 Å². The van der Waals surface area contributed by atoms with Crippen molar-refractivity contribution in [3.05, 3.63) is 0 Å². The van der Waals surface area contributed by atoms with Gasteiger partial charge >= 0.3 is 12.0 Å². The third-order valence-corrected chi connectivity index (χ3v) is 3.82. The Morgan fingerprint density at radius 2 is 2.05 bits per heavy atom. The Labute approximate surface area is 115 Å². The van der Waals surface area contributed by atoms with Crippen LogP contribution in [-0.2, 0) is 4.79 Å². The van der Waals surface area contributed by atoms with Crippen molar-refractivity contribution in [2.45, 2.75) is 58.9 Å². The number of unbranched alkanes of at least 4 members (excludes halogenated alkanes) is 2. The molecule has 1 fully saturated rings. The first-order valence-electron chi connectivity index (χ1n) is 7.17. The Kier molecular flexibility index (Phi) is 5.63. The highest BCUT2D eigenvalue weighted by Crippen LogP contribution is 2.35. The number of carbonyl (C=O) groups is 2. The van der Waals surface area contributed by atoms with Gasteiger partial charge in [0.2, 0.25) is 0 Å². The fourth-order valence-electron chi connectivity index (χ4n) is 2.75. The quantitative estimate of drug-likeness (QED) is 0.754. The molecule has 0 aliphatic carbocycles. The number of piperidine rings is 1. The van der Waals surface area contributed by atoms with Gasteiger partial charge in [0.25, 0.3) is 0 Å². The Morgan fingerprint density at radius 3 is 2.63 bits per heavy atom. The normalized spacial score (nSPS) is 22.1. The number of rotatable bonds is 5. The molecule has 0 aromatic carbocycles. The van der Waals surface area contributed by atoms with Crippen LogP contribution >= 0.6 is 0 Å². The molecule has 1 heterocycles. The highest BCUT2D eigenvalue weighted by atomic mass is 16.4. The molecule has 2 amide bonds. The van der Waals surface area contributed by atoms with Gasteiger partial charge in [0.1, 0.15) is 6.04 Å². The van der Waals surface area contributed by atoms with Crippen LogP contribution in [0.25, 0.3) is 0 Å². The van der Waals surface area contributed by atoms with Crippen molar-refractivity contribution < 1.29 is 14.7 Å². The van der Waals surface area contributed by atoms with Crippen LogP contribution in [0.5, 0.6) is 0 Å². The number of nitrogens with zero attached hydrogens (tertiary/aromatic N) is 1. The number of carbonyl (C=O) groups excluding carboxylic acids is 1. The molecule has 0 aromatic heterocycles. The van der Waals surface area contributed by atoms with Crippen LogP contribution in [0.3, 0.4) is 0 Å². The number of urea groups is 1. The maximum absolute atomic E-state index is 12.1. The number of nitrogens with one attached hydrogen (secondary N) is 1. The van der Waals surface area contributed by atoms with Gasteiger partial charge in [0, 0.05) is 13.1 Å². The SMILES string of the molecule is CCCCCNC(=O)N1CCCC(C)(C)C1C(=O)O. The molecule has 2 N–H and O–H groups in total. The van der Waals surface area contributed by atoms with Crippen LogP contribution in [0.2, 0.25) is 0 Å². The fourth-order valence-corrected chi connectivity index (χ4v) is 2.75. The van der Waals surface area contributed by atoms with Crippen LogP contribution in [0.4, 0.5) is 4.79 Å². The minimum atomic E-state index is -0.909. The zero-order chi connectivity index (χ0) is 14.5. The zero-order valence-electron chi connectivity index (χ0n) is 12.2. The minimum absolute atomic E-state index is 0.240. The first-order valence-corrected chi connectivity index (χ1v) is 7.17. The van der Waals surface area contributed by atoms with E-state index in [0.29, 0.717) is 13.1 Å². The number of amides is 2. The summed E-state index contributed by atoms with van der Waals surface area (Å²) in [6.07, 6.45) is 4.82. The van der Waals surface area contributed by atoms with E-state index >= 15 is 0 Å². The van der Waals surface area contributed by atoms with E-state index in [1.807, 2.05) is 13.8 Å². The average molecular weight is 270 g/mol. The van der Waals surface area contributed by atoms with Gasteiger partial charge in [0.05, 0.1) is 0 Å². The summed E-state index contributed by atoms with van der Waals surface area (Å²) in [6, 6.07) is -0.969. The molecule has 0 radical (unpaired) electrons. The van der Waals surface area contributed by atoms with Crippen molar-refractivity contribution in [2.24, 2.45) is 5.41 Å². The van der Waals surface area contributed by atoms with Crippen molar-refractivity contribution in [2.75, 3.05) is 13.1 Å². The Morgan fingerprint density at radius 1 is 1.37 bits per heavy atom. The Hall–Kier alpha value is -1.26. The molecule has 0 aromatic rings. The first kappa shape index (κ1) is 15.8. The molecule has 0 saturated carbocycles. The predicted octanol–water partition coefficient (Wildman–Crippen LogP) is 2.46. The molecule has 1 aliphatic heterocycles. The summed E-state index contributed by atoms with van der Waals surface area (Å²) in [7, 11) is 0. The molecule has 5 nitrogen and oxygen atoms in total. The second-order valence-corrected chi connectivity index (χ2v) is 5.97. The van der Waals surface area contributed by atoms with Gasteiger partial charge in [-0.1, -0.05) is 33.6 Å². The third kappa shape index (κ3) is 4.11. The minimum Gasteiger partial charge on any atom is -0.480 e. The predicted molar refractivity (Wildman–Crippen MR) is 74.1 cm³/mol. The summed E-state index contributed by atoms with van der Waals surface area (Å²) in [4.78, 5) is 25.0. The molecule has 0 spiro atoms. The van der Waals surface area contributed by atoms with E-state index in [4.69, 9.17) is 0 Å². The maximum atomic E-state index is 12.1. The second kappa shape index (κ2) is 6.78. The second-order valence-electron chi connectivity index (χ2n) is 5.97. The Balaban J connectivity index is 2.62. The molecule has 1 aliphatic rings. The summed E-state index contributed by atoms with van der Waals surface area (Å²) in [5, 5.41) is 12.2. The molecule has 1 rings (SSSR count). The molecule has 1 saturated heterocycles. The van der Waals surface area contributed by atoms with Crippen LogP contribution in [0.1, 0.15) is 52.9 Å². The summed E-state index contributed by atoms with van der Waals surface area (Å²) < 4.78 is 0. The van der Waals surface area contributed by atoms with Crippen molar-refractivity contribution in [1.29, 1.82) is 0 Å². The van der Waals surface area contributed by atoms with Gasteiger partial charge in [-0.15, -0.1) is 0 Å². The van der Waals surface area contributed by atoms with E-state index in [1.165, 1.54) is 4.90 Å². The van der Waals surface area contributed by atoms with E-state index in [-0.39, 0.29) is 11.4 Å². The van der Waals surface area contributed by atoms with E-state index in [0.717, 1.165) is 32.1 Å². The average Bonchev–Trinajstić information content (AvgIpc) is 2.32. The maximum Gasteiger partial charge on any atom is 0.327 e. The lowest BCUT2D eigenvalue weighted by Crippen LogP contribution is -2.58. The van der Waals surface area contributed by atoms with Gasteiger partial charge in [-0.25, -0.2) is 9.59 Å². The third-order valence-electron chi connectivity index (χ3n) is 3.82. The summed E-state index contributed by atoms with van der Waals surface area (Å²) in [5.41, 5.74) is -0.370. The number of aliphatic carboxylic acids is 1. The Bertz CT molecular complexity index is 329. The molecular formula is C14H26N2O3. The fraction of sp³-hybridized carbons (Fsp3) is 0.857. The van der Waals surface area contributed by atoms with Crippen LogP contribution in [-0.4, -0.2) is 41.1 Å². The number of hydrogen-bond acceptors (Lipinski definition) is 2. The lowest BCUT2D eigenvalue weighted by atomic mass is 9.76. The van der Waals surface area contributed by atoms with Crippen LogP contribution < -0.4 is 5.32 Å². The standard InChI is InChI=1S/C14H26N2O3/c1-4-5-6-9-15-13(19)16-10-7-8-14(2,3)11(16)12(17)18/h11H,4-10H2,1-3H3,(H,15,19)(H,17,18). The highest BCUT2D eigenvalue weighted by molar-refractivity contribution is 5.83. The molecule has 19 heavy (non-hydrogen) atoms. The lowest BCUT2D eigenvalue weighted by molar-refractivity contribution is -0.148. The van der Waals surface area contributed by atoms with Gasteiger partial charge in [-0.3, -0.25) is 0 Å². The van der Waals surface area contributed by atoms with Crippen LogP contribution in [0, 0.1) is 5.41 Å². The van der Waals surface area contributed by atoms with Gasteiger partial charge in [-0.05, 0) is 24.7 Å². The topological polar surface area (TPSA) is 69.6 Å². The molecule has 0 bridgehead atoms. The van der Waals surface area contributed by atoms with Crippen molar-refractivity contribution in [1.82, 2.24) is 10.2 Å². The van der Waals surface area contributed by atoms with Crippen LogP contribution in [0.15, 0.2) is 0 Å². The molecule has 110 valence electrons. The number of likely N-dealkylation sites (tertiary alicyclic amines) is 1. The summed E-state index contributed by atoms with van der Waals surface area (Å²) in [5.74, 6) is -0.909. The van der Waals surface area contributed by atoms with Gasteiger partial charge in [-0.2, -0.15) is 0 Å². The molecular weight excluding hydrogens is 244 g/mol. The van der Waals surface area contributed by atoms with Crippen molar-refractivity contribution in [3.63, 3.8) is 0 Å². The number of hydrogen-bond donors (Lipinski definition) is 2. The smallest absolute Gasteiger partial charge is 0.327 e. The number of carboxylic acid groups (broad SMARTS) is 1. The molecule has 1 unspecified atom stereocenters. The van der Waals surface area contributed by atoms with E-state index < -0.39 is 12.0 Å². The number of carboxylic acids is 1. The molecule has 5 heteroatoms. The van der Waals surface area contributed by atoms with E-state index in [1.54, 1.807) is 0 Å².